The van der Waals surface area contributed by atoms with E-state index in [9.17, 15) is 4.39 Å². The third kappa shape index (κ3) is 3.74. The van der Waals surface area contributed by atoms with Gasteiger partial charge in [0.15, 0.2) is 5.67 Å². The first-order chi connectivity index (χ1) is 9.67. The first-order valence-electron chi connectivity index (χ1n) is 7.54. The van der Waals surface area contributed by atoms with Gasteiger partial charge in [-0.3, -0.25) is 4.90 Å². The van der Waals surface area contributed by atoms with Gasteiger partial charge in [0.05, 0.1) is 0 Å². The van der Waals surface area contributed by atoms with Crippen molar-refractivity contribution in [2.75, 3.05) is 32.7 Å². The minimum Gasteiger partial charge on any atom is -0.317 e. The maximum atomic E-state index is 15.0. The van der Waals surface area contributed by atoms with Crippen molar-refractivity contribution in [3.63, 3.8) is 0 Å². The highest BCUT2D eigenvalue weighted by Gasteiger charge is 2.41. The lowest BCUT2D eigenvalue weighted by atomic mass is 9.94. The normalized spacial score (nSPS) is 27.5. The number of hydrogen-bond acceptors (Lipinski definition) is 2. The van der Waals surface area contributed by atoms with Crippen LogP contribution in [-0.2, 0) is 5.67 Å². The average Bonchev–Trinajstić information content (AvgIpc) is 2.83. The van der Waals surface area contributed by atoms with E-state index in [-0.39, 0.29) is 18.0 Å². The molecule has 5 heteroatoms. The van der Waals surface area contributed by atoms with Crippen molar-refractivity contribution < 1.29 is 8.78 Å². The maximum absolute atomic E-state index is 15.0. The van der Waals surface area contributed by atoms with Gasteiger partial charge in [0.25, 0.3) is 0 Å². The molecule has 1 aromatic carbocycles. The lowest BCUT2D eigenvalue weighted by molar-refractivity contribution is 0.150. The molecule has 2 aliphatic heterocycles. The zero-order chi connectivity index (χ0) is 14.0. The minimum atomic E-state index is -1.52. The first kappa shape index (κ1) is 16.7. The van der Waals surface area contributed by atoms with Gasteiger partial charge >= 0.3 is 0 Å². The molecule has 21 heavy (non-hydrogen) atoms. The second-order valence-electron chi connectivity index (χ2n) is 6.12. The summed E-state index contributed by atoms with van der Waals surface area (Å²) in [6.45, 7) is 4.13. The van der Waals surface area contributed by atoms with E-state index < -0.39 is 11.5 Å². The van der Waals surface area contributed by atoms with Crippen molar-refractivity contribution in [1.29, 1.82) is 0 Å². The van der Waals surface area contributed by atoms with Crippen LogP contribution in [0.25, 0.3) is 0 Å². The van der Waals surface area contributed by atoms with E-state index in [4.69, 9.17) is 0 Å². The van der Waals surface area contributed by atoms with Gasteiger partial charge in [0, 0.05) is 25.2 Å². The molecule has 0 aromatic heterocycles. The molecule has 2 aliphatic rings. The van der Waals surface area contributed by atoms with Gasteiger partial charge in [-0.05, 0) is 44.3 Å². The Balaban J connectivity index is 0.00000161. The largest absolute Gasteiger partial charge is 0.317 e. The third-order valence-electron chi connectivity index (χ3n) is 4.63. The molecular weight excluding hydrogens is 294 g/mol. The van der Waals surface area contributed by atoms with Crippen molar-refractivity contribution in [2.24, 2.45) is 5.92 Å². The fourth-order valence-electron chi connectivity index (χ4n) is 3.48. The fourth-order valence-corrected chi connectivity index (χ4v) is 3.48. The number of rotatable bonds is 3. The molecule has 3 rings (SSSR count). The zero-order valence-electron chi connectivity index (χ0n) is 12.2. The summed E-state index contributed by atoms with van der Waals surface area (Å²) in [6.07, 6.45) is 2.73. The number of halogens is 3. The highest BCUT2D eigenvalue weighted by molar-refractivity contribution is 5.85. The Hall–Kier alpha value is -0.710. The molecule has 0 saturated carbocycles. The summed E-state index contributed by atoms with van der Waals surface area (Å²) in [5.74, 6) is 0.234. The topological polar surface area (TPSA) is 15.3 Å². The van der Waals surface area contributed by atoms with Gasteiger partial charge in [-0.2, -0.15) is 0 Å². The van der Waals surface area contributed by atoms with Crippen LogP contribution in [0.1, 0.15) is 24.8 Å². The van der Waals surface area contributed by atoms with Crippen molar-refractivity contribution in [3.8, 4) is 0 Å². The molecule has 0 aliphatic carbocycles. The lowest BCUT2D eigenvalue weighted by Crippen LogP contribution is -2.36. The van der Waals surface area contributed by atoms with Crippen LogP contribution in [0.5, 0.6) is 0 Å². The number of benzene rings is 1. The van der Waals surface area contributed by atoms with Crippen LogP contribution in [-0.4, -0.2) is 37.6 Å². The number of nitrogens with zero attached hydrogens (tertiary/aromatic N) is 1. The molecule has 2 fully saturated rings. The molecule has 1 aromatic rings. The van der Waals surface area contributed by atoms with E-state index in [2.05, 4.69) is 10.2 Å². The Kier molecular flexibility index (Phi) is 5.58. The number of piperidine rings is 1. The molecule has 2 heterocycles. The monoisotopic (exact) mass is 316 g/mol. The predicted octanol–water partition coefficient (Wildman–Crippen LogP) is 3.12. The number of alkyl halides is 1. The van der Waals surface area contributed by atoms with Gasteiger partial charge in [-0.1, -0.05) is 18.2 Å². The van der Waals surface area contributed by atoms with Crippen LogP contribution < -0.4 is 5.32 Å². The number of nitrogens with one attached hydrogen (secondary N) is 1. The summed E-state index contributed by atoms with van der Waals surface area (Å²) in [5.41, 5.74) is -1.29. The van der Waals surface area contributed by atoms with Crippen LogP contribution in [0, 0.1) is 11.7 Å². The van der Waals surface area contributed by atoms with Crippen molar-refractivity contribution in [3.05, 3.63) is 35.6 Å². The third-order valence-corrected chi connectivity index (χ3v) is 4.63. The lowest BCUT2D eigenvalue weighted by Gasteiger charge is -2.28. The molecule has 0 bridgehead atoms. The Bertz CT molecular complexity index is 465. The molecular formula is C16H23ClF2N2. The summed E-state index contributed by atoms with van der Waals surface area (Å²) in [7, 11) is 0. The maximum Gasteiger partial charge on any atom is 0.152 e. The smallest absolute Gasteiger partial charge is 0.152 e. The van der Waals surface area contributed by atoms with Crippen LogP contribution in [0.4, 0.5) is 8.78 Å². The summed E-state index contributed by atoms with van der Waals surface area (Å²) < 4.78 is 28.8. The Morgan fingerprint density at radius 3 is 2.67 bits per heavy atom. The highest BCUT2D eigenvalue weighted by Crippen LogP contribution is 2.37. The quantitative estimate of drug-likeness (QED) is 0.921. The van der Waals surface area contributed by atoms with E-state index in [1.165, 1.54) is 6.07 Å². The molecule has 0 spiro atoms. The molecule has 1 atom stereocenters. The van der Waals surface area contributed by atoms with Gasteiger partial charge < -0.3 is 5.32 Å². The molecule has 118 valence electrons. The minimum absolute atomic E-state index is 0. The fraction of sp³-hybridized carbons (Fsp3) is 0.625. The van der Waals surface area contributed by atoms with Gasteiger partial charge in [0.1, 0.15) is 5.82 Å². The van der Waals surface area contributed by atoms with Crippen molar-refractivity contribution in [2.45, 2.75) is 24.9 Å². The Morgan fingerprint density at radius 1 is 1.24 bits per heavy atom. The predicted molar refractivity (Wildman–Crippen MR) is 83.1 cm³/mol. The average molecular weight is 317 g/mol. The highest BCUT2D eigenvalue weighted by atomic mass is 35.5. The van der Waals surface area contributed by atoms with Crippen LogP contribution in [0.2, 0.25) is 0 Å². The molecule has 2 nitrogen and oxygen atoms in total. The summed E-state index contributed by atoms with van der Waals surface area (Å²) in [5, 5.41) is 3.35. The molecule has 0 radical (unpaired) electrons. The second-order valence-corrected chi connectivity index (χ2v) is 6.12. The standard InChI is InChI=1S/C16H22F2N2.ClH/c17-15-4-2-1-3-14(15)16(18)7-10-20(12-16)11-13-5-8-19-9-6-13;/h1-4,13,19H,5-12H2;1H. The van der Waals surface area contributed by atoms with E-state index >= 15 is 4.39 Å². The number of hydrogen-bond donors (Lipinski definition) is 1. The van der Waals surface area contributed by atoms with Gasteiger partial charge in [-0.25, -0.2) is 8.78 Å². The molecule has 1 N–H and O–H groups in total. The van der Waals surface area contributed by atoms with Crippen molar-refractivity contribution in [1.82, 2.24) is 10.2 Å². The number of likely N-dealkylation sites (tertiary alicyclic amines) is 1. The van der Waals surface area contributed by atoms with Crippen molar-refractivity contribution >= 4 is 12.4 Å². The zero-order valence-corrected chi connectivity index (χ0v) is 13.0. The van der Waals surface area contributed by atoms with E-state index in [1.807, 2.05) is 0 Å². The van der Waals surface area contributed by atoms with Gasteiger partial charge in [0.2, 0.25) is 0 Å². The summed E-state index contributed by atoms with van der Waals surface area (Å²) in [4.78, 5) is 2.17. The molecule has 1 unspecified atom stereocenters. The van der Waals surface area contributed by atoms with E-state index in [0.717, 1.165) is 39.0 Å². The van der Waals surface area contributed by atoms with Crippen LogP contribution in [0.3, 0.4) is 0 Å². The van der Waals surface area contributed by atoms with Gasteiger partial charge in [-0.15, -0.1) is 12.4 Å². The van der Waals surface area contributed by atoms with Crippen LogP contribution in [0.15, 0.2) is 24.3 Å². The Labute approximate surface area is 131 Å². The second kappa shape index (κ2) is 7.03. The Morgan fingerprint density at radius 2 is 1.95 bits per heavy atom. The summed E-state index contributed by atoms with van der Waals surface area (Å²) in [6, 6.07) is 6.27. The van der Waals surface area contributed by atoms with E-state index in [1.54, 1.807) is 18.2 Å². The summed E-state index contributed by atoms with van der Waals surface area (Å²) >= 11 is 0. The van der Waals surface area contributed by atoms with E-state index in [0.29, 0.717) is 18.9 Å². The molecule has 0 amide bonds. The SMILES string of the molecule is Cl.Fc1ccccc1C1(F)CCN(CC2CCNCC2)C1. The molecule has 2 saturated heterocycles. The van der Waals surface area contributed by atoms with Crippen LogP contribution >= 0.6 is 12.4 Å². The first-order valence-corrected chi connectivity index (χ1v) is 7.54.